The lowest BCUT2D eigenvalue weighted by molar-refractivity contribution is 0.184. The fraction of sp³-hybridized carbons (Fsp3) is 0.235. The van der Waals surface area contributed by atoms with Gasteiger partial charge in [0, 0.05) is 31.9 Å². The lowest BCUT2D eigenvalue weighted by Gasteiger charge is -2.34. The smallest absolute Gasteiger partial charge is 0.321 e. The summed E-state index contributed by atoms with van der Waals surface area (Å²) in [5.74, 6) is -1.21. The maximum atomic E-state index is 13.8. The number of nitrogens with zero attached hydrogens (tertiary/aromatic N) is 2. The minimum Gasteiger partial charge on any atom is -0.322 e. The van der Waals surface area contributed by atoms with E-state index in [1.807, 2.05) is 0 Å². The largest absolute Gasteiger partial charge is 0.322 e. The van der Waals surface area contributed by atoms with Crippen LogP contribution in [0.3, 0.4) is 0 Å². The third-order valence-electron chi connectivity index (χ3n) is 4.08. The number of carbonyl (C=O) groups excluding carboxylic acids is 1. The fourth-order valence-electron chi connectivity index (χ4n) is 2.66. The minimum absolute atomic E-state index is 0.0630. The van der Waals surface area contributed by atoms with E-state index in [4.69, 9.17) is 0 Å². The highest BCUT2D eigenvalue weighted by atomic mass is 32.2. The molecule has 1 aliphatic heterocycles. The number of sulfonamides is 1. The summed E-state index contributed by atoms with van der Waals surface area (Å²) in [5.41, 5.74) is 0.442. The molecule has 1 fully saturated rings. The zero-order valence-corrected chi connectivity index (χ0v) is 14.5. The van der Waals surface area contributed by atoms with Gasteiger partial charge in [0.05, 0.1) is 0 Å². The molecular weight excluding hydrogens is 364 g/mol. The van der Waals surface area contributed by atoms with Crippen molar-refractivity contribution in [1.29, 1.82) is 0 Å². The van der Waals surface area contributed by atoms with Crippen LogP contribution in [0.4, 0.5) is 19.3 Å². The molecule has 1 heterocycles. The number of nitrogens with one attached hydrogen (secondary N) is 1. The molecule has 0 spiro atoms. The number of hydrogen-bond donors (Lipinski definition) is 1. The first-order chi connectivity index (χ1) is 12.4. The van der Waals surface area contributed by atoms with Gasteiger partial charge >= 0.3 is 6.03 Å². The summed E-state index contributed by atoms with van der Waals surface area (Å²) >= 11 is 0. The molecule has 3 rings (SSSR count). The summed E-state index contributed by atoms with van der Waals surface area (Å²) in [6.07, 6.45) is 0. The molecule has 2 amide bonds. The number of halogens is 2. The third-order valence-corrected chi connectivity index (χ3v) is 6.01. The van der Waals surface area contributed by atoms with Crippen molar-refractivity contribution in [1.82, 2.24) is 9.21 Å². The van der Waals surface area contributed by atoms with Crippen LogP contribution in [0.25, 0.3) is 0 Å². The van der Waals surface area contributed by atoms with E-state index >= 15 is 0 Å². The quantitative estimate of drug-likeness (QED) is 0.888. The highest BCUT2D eigenvalue weighted by Crippen LogP contribution is 2.20. The van der Waals surface area contributed by atoms with Crippen LogP contribution in [0.2, 0.25) is 0 Å². The Morgan fingerprint density at radius 1 is 0.923 bits per heavy atom. The lowest BCUT2D eigenvalue weighted by atomic mass is 10.3. The van der Waals surface area contributed by atoms with Gasteiger partial charge in [0.25, 0.3) is 0 Å². The Labute approximate surface area is 150 Å². The number of anilines is 1. The van der Waals surface area contributed by atoms with Crippen molar-refractivity contribution >= 4 is 21.7 Å². The molecule has 2 aromatic carbocycles. The first kappa shape index (κ1) is 18.3. The number of hydrogen-bond acceptors (Lipinski definition) is 3. The Morgan fingerprint density at radius 2 is 1.54 bits per heavy atom. The predicted octanol–water partition coefficient (Wildman–Crippen LogP) is 2.50. The normalized spacial score (nSPS) is 15.7. The fourth-order valence-corrected chi connectivity index (χ4v) is 4.15. The van der Waals surface area contributed by atoms with E-state index in [1.165, 1.54) is 47.4 Å². The summed E-state index contributed by atoms with van der Waals surface area (Å²) in [6.45, 7) is 0.461. The van der Waals surface area contributed by atoms with Crippen molar-refractivity contribution in [3.8, 4) is 0 Å². The van der Waals surface area contributed by atoms with Gasteiger partial charge in [-0.05, 0) is 36.4 Å². The maximum Gasteiger partial charge on any atom is 0.321 e. The minimum atomic E-state index is -3.95. The average Bonchev–Trinajstić information content (AvgIpc) is 2.64. The number of piperazine rings is 1. The number of urea groups is 1. The van der Waals surface area contributed by atoms with Crippen LogP contribution >= 0.6 is 0 Å². The molecule has 2 aromatic rings. The molecule has 0 atom stereocenters. The van der Waals surface area contributed by atoms with Crippen LogP contribution < -0.4 is 5.32 Å². The monoisotopic (exact) mass is 381 g/mol. The molecule has 0 radical (unpaired) electrons. The van der Waals surface area contributed by atoms with Crippen molar-refractivity contribution in [2.75, 3.05) is 31.5 Å². The number of benzene rings is 2. The molecule has 1 aliphatic rings. The van der Waals surface area contributed by atoms with E-state index in [9.17, 15) is 22.0 Å². The Balaban J connectivity index is 1.62. The summed E-state index contributed by atoms with van der Waals surface area (Å²) in [7, 11) is -3.95. The molecule has 1 N–H and O–H groups in total. The molecule has 26 heavy (non-hydrogen) atoms. The molecule has 138 valence electrons. The van der Waals surface area contributed by atoms with Crippen molar-refractivity contribution in [3.05, 3.63) is 60.2 Å². The van der Waals surface area contributed by atoms with Crippen molar-refractivity contribution in [2.45, 2.75) is 4.90 Å². The molecule has 6 nitrogen and oxygen atoms in total. The summed E-state index contributed by atoms with van der Waals surface area (Å²) in [6, 6.07) is 10.1. The topological polar surface area (TPSA) is 69.7 Å². The van der Waals surface area contributed by atoms with Crippen molar-refractivity contribution < 1.29 is 22.0 Å². The Bertz CT molecular complexity index is 896. The van der Waals surface area contributed by atoms with Gasteiger partial charge in [0.2, 0.25) is 10.0 Å². The van der Waals surface area contributed by atoms with Crippen LogP contribution in [0, 0.1) is 11.6 Å². The Morgan fingerprint density at radius 3 is 2.15 bits per heavy atom. The summed E-state index contributed by atoms with van der Waals surface area (Å²) in [5, 5.41) is 2.63. The average molecular weight is 381 g/mol. The van der Waals surface area contributed by atoms with E-state index in [0.29, 0.717) is 5.69 Å². The van der Waals surface area contributed by atoms with E-state index in [0.717, 1.165) is 10.4 Å². The molecule has 0 aliphatic carbocycles. The number of rotatable bonds is 3. The van der Waals surface area contributed by atoms with Gasteiger partial charge < -0.3 is 10.2 Å². The third kappa shape index (κ3) is 3.83. The number of carbonyl (C=O) groups is 1. The predicted molar refractivity (Wildman–Crippen MR) is 92.2 cm³/mol. The molecule has 0 bridgehead atoms. The Hall–Kier alpha value is -2.52. The van der Waals surface area contributed by atoms with Gasteiger partial charge in [-0.1, -0.05) is 12.1 Å². The van der Waals surface area contributed by atoms with Gasteiger partial charge in [-0.15, -0.1) is 0 Å². The molecular formula is C17H17F2N3O3S. The van der Waals surface area contributed by atoms with Gasteiger partial charge in [0.15, 0.2) is 0 Å². The van der Waals surface area contributed by atoms with Crippen LogP contribution in [-0.4, -0.2) is 49.8 Å². The summed E-state index contributed by atoms with van der Waals surface area (Å²) in [4.78, 5) is 13.3. The van der Waals surface area contributed by atoms with Crippen LogP contribution in [0.1, 0.15) is 0 Å². The standard InChI is InChI=1S/C17H17F2N3O3S/c18-13-5-7-14(8-6-13)20-17(23)21-9-11-22(12-10-21)26(24,25)16-4-2-1-3-15(16)19/h1-8H,9-12H2,(H,20,23). The van der Waals surface area contributed by atoms with Gasteiger partial charge in [-0.2, -0.15) is 4.31 Å². The lowest BCUT2D eigenvalue weighted by Crippen LogP contribution is -2.51. The highest BCUT2D eigenvalue weighted by Gasteiger charge is 2.31. The van der Waals surface area contributed by atoms with Crippen molar-refractivity contribution in [2.24, 2.45) is 0 Å². The molecule has 9 heteroatoms. The zero-order valence-electron chi connectivity index (χ0n) is 13.7. The second kappa shape index (κ2) is 7.38. The second-order valence-electron chi connectivity index (χ2n) is 5.76. The molecule has 0 saturated carbocycles. The van der Waals surface area contributed by atoms with Gasteiger partial charge in [-0.25, -0.2) is 22.0 Å². The molecule has 0 aromatic heterocycles. The SMILES string of the molecule is O=C(Nc1ccc(F)cc1)N1CCN(S(=O)(=O)c2ccccc2F)CC1. The maximum absolute atomic E-state index is 13.8. The molecule has 1 saturated heterocycles. The Kier molecular flexibility index (Phi) is 5.19. The van der Waals surface area contributed by atoms with E-state index in [-0.39, 0.29) is 31.1 Å². The second-order valence-corrected chi connectivity index (χ2v) is 7.66. The van der Waals surface area contributed by atoms with Crippen LogP contribution in [0.5, 0.6) is 0 Å². The number of amides is 2. The first-order valence-corrected chi connectivity index (χ1v) is 9.38. The van der Waals surface area contributed by atoms with Gasteiger partial charge in [0.1, 0.15) is 16.5 Å². The van der Waals surface area contributed by atoms with Crippen LogP contribution in [-0.2, 0) is 10.0 Å². The first-order valence-electron chi connectivity index (χ1n) is 7.94. The highest BCUT2D eigenvalue weighted by molar-refractivity contribution is 7.89. The zero-order chi connectivity index (χ0) is 18.7. The van der Waals surface area contributed by atoms with E-state index in [2.05, 4.69) is 5.32 Å². The van der Waals surface area contributed by atoms with E-state index in [1.54, 1.807) is 0 Å². The summed E-state index contributed by atoms with van der Waals surface area (Å²) < 4.78 is 52.9. The molecule has 0 unspecified atom stereocenters. The van der Waals surface area contributed by atoms with Gasteiger partial charge in [-0.3, -0.25) is 0 Å². The van der Waals surface area contributed by atoms with Crippen LogP contribution in [0.15, 0.2) is 53.4 Å². The van der Waals surface area contributed by atoms with Crippen molar-refractivity contribution in [3.63, 3.8) is 0 Å². The van der Waals surface area contributed by atoms with E-state index < -0.39 is 27.7 Å².